The number of halogens is 1. The zero-order valence-electron chi connectivity index (χ0n) is 10.9. The summed E-state index contributed by atoms with van der Waals surface area (Å²) in [6.45, 7) is 2.26. The van der Waals surface area contributed by atoms with Gasteiger partial charge < -0.3 is 10.8 Å². The van der Waals surface area contributed by atoms with Gasteiger partial charge in [-0.15, -0.1) is 0 Å². The molecule has 2 aromatic rings. The highest BCUT2D eigenvalue weighted by Crippen LogP contribution is 2.31. The minimum Gasteiger partial charge on any atom is -0.388 e. The highest BCUT2D eigenvalue weighted by molar-refractivity contribution is 5.32. The lowest BCUT2D eigenvalue weighted by atomic mass is 9.87. The van der Waals surface area contributed by atoms with Gasteiger partial charge in [0.25, 0.3) is 0 Å². The fourth-order valence-electron chi connectivity index (χ4n) is 2.29. The van der Waals surface area contributed by atoms with Crippen molar-refractivity contribution in [2.24, 2.45) is 5.73 Å². The maximum atomic E-state index is 12.9. The van der Waals surface area contributed by atoms with E-state index in [1.807, 2.05) is 31.2 Å². The Balaban J connectivity index is 2.32. The molecule has 2 rings (SSSR count). The van der Waals surface area contributed by atoms with Crippen LogP contribution in [0.4, 0.5) is 4.39 Å². The summed E-state index contributed by atoms with van der Waals surface area (Å²) in [6.07, 6.45) is -0.684. The number of rotatable bonds is 4. The zero-order chi connectivity index (χ0) is 13.8. The Morgan fingerprint density at radius 3 is 2.32 bits per heavy atom. The molecule has 2 atom stereocenters. The number of aliphatic hydroxyl groups excluding tert-OH is 1. The van der Waals surface area contributed by atoms with E-state index in [0.29, 0.717) is 6.54 Å². The number of nitrogens with two attached hydrogens (primary N) is 1. The molecule has 3 heteroatoms. The molecule has 0 amide bonds. The summed E-state index contributed by atoms with van der Waals surface area (Å²) in [6, 6.07) is 13.8. The van der Waals surface area contributed by atoms with E-state index >= 15 is 0 Å². The molecule has 19 heavy (non-hydrogen) atoms. The topological polar surface area (TPSA) is 46.2 Å². The van der Waals surface area contributed by atoms with Crippen LogP contribution in [-0.2, 0) is 0 Å². The predicted octanol–water partition coefficient (Wildman–Crippen LogP) is 2.91. The molecule has 0 saturated carbocycles. The highest BCUT2D eigenvalue weighted by Gasteiger charge is 2.22. The third-order valence-corrected chi connectivity index (χ3v) is 3.44. The summed E-state index contributed by atoms with van der Waals surface area (Å²) in [5, 5.41) is 10.5. The first kappa shape index (κ1) is 13.7. The molecule has 3 N–H and O–H groups in total. The van der Waals surface area contributed by atoms with Crippen LogP contribution in [-0.4, -0.2) is 11.7 Å². The monoisotopic (exact) mass is 259 g/mol. The van der Waals surface area contributed by atoms with E-state index in [-0.39, 0.29) is 11.7 Å². The molecule has 0 bridgehead atoms. The van der Waals surface area contributed by atoms with Crippen molar-refractivity contribution >= 4 is 0 Å². The fraction of sp³-hybridized carbons (Fsp3) is 0.250. The van der Waals surface area contributed by atoms with Gasteiger partial charge in [0.05, 0.1) is 6.10 Å². The Bertz CT molecular complexity index is 539. The molecule has 2 unspecified atom stereocenters. The van der Waals surface area contributed by atoms with Crippen molar-refractivity contribution in [3.63, 3.8) is 0 Å². The number of hydrogen-bond donors (Lipinski definition) is 2. The normalized spacial score (nSPS) is 14.1. The van der Waals surface area contributed by atoms with Crippen molar-refractivity contribution in [2.75, 3.05) is 6.54 Å². The van der Waals surface area contributed by atoms with Gasteiger partial charge >= 0.3 is 0 Å². The standard InChI is InChI=1S/C16H18FNO/c1-11-4-2-3-5-14(11)16(19)15(10-18)12-6-8-13(17)9-7-12/h2-9,15-16,19H,10,18H2,1H3. The van der Waals surface area contributed by atoms with Crippen molar-refractivity contribution in [3.05, 3.63) is 71.0 Å². The van der Waals surface area contributed by atoms with E-state index in [2.05, 4.69) is 0 Å². The van der Waals surface area contributed by atoms with Crippen LogP contribution in [0.1, 0.15) is 28.7 Å². The summed E-state index contributed by atoms with van der Waals surface area (Å²) < 4.78 is 12.9. The van der Waals surface area contributed by atoms with Gasteiger partial charge in [-0.3, -0.25) is 0 Å². The Morgan fingerprint density at radius 2 is 1.74 bits per heavy atom. The Labute approximate surface area is 112 Å². The molecule has 0 fully saturated rings. The first-order valence-corrected chi connectivity index (χ1v) is 6.32. The quantitative estimate of drug-likeness (QED) is 0.886. The van der Waals surface area contributed by atoms with Crippen LogP contribution in [0.3, 0.4) is 0 Å². The molecule has 2 nitrogen and oxygen atoms in total. The molecule has 0 heterocycles. The Hall–Kier alpha value is -1.71. The molecule has 0 radical (unpaired) electrons. The highest BCUT2D eigenvalue weighted by atomic mass is 19.1. The van der Waals surface area contributed by atoms with Crippen LogP contribution < -0.4 is 5.73 Å². The van der Waals surface area contributed by atoms with Crippen molar-refractivity contribution < 1.29 is 9.50 Å². The molecule has 0 aliphatic rings. The first-order chi connectivity index (χ1) is 9.13. The van der Waals surface area contributed by atoms with E-state index in [1.54, 1.807) is 12.1 Å². The molecule has 2 aromatic carbocycles. The van der Waals surface area contributed by atoms with E-state index in [0.717, 1.165) is 16.7 Å². The van der Waals surface area contributed by atoms with Gasteiger partial charge in [0.15, 0.2) is 0 Å². The lowest BCUT2D eigenvalue weighted by molar-refractivity contribution is 0.146. The Morgan fingerprint density at radius 1 is 1.11 bits per heavy atom. The molecule has 0 aromatic heterocycles. The maximum Gasteiger partial charge on any atom is 0.123 e. The second kappa shape index (κ2) is 5.95. The minimum absolute atomic E-state index is 0.235. The first-order valence-electron chi connectivity index (χ1n) is 6.32. The molecular formula is C16H18FNO. The molecule has 0 aliphatic carbocycles. The third-order valence-electron chi connectivity index (χ3n) is 3.44. The van der Waals surface area contributed by atoms with Crippen molar-refractivity contribution in [2.45, 2.75) is 18.9 Å². The number of aliphatic hydroxyl groups is 1. The predicted molar refractivity (Wildman–Crippen MR) is 74.3 cm³/mol. The fourth-order valence-corrected chi connectivity index (χ4v) is 2.29. The summed E-state index contributed by atoms with van der Waals surface area (Å²) in [5.41, 5.74) is 8.51. The average molecular weight is 259 g/mol. The molecule has 0 saturated heterocycles. The number of benzene rings is 2. The molecule has 100 valence electrons. The maximum absolute atomic E-state index is 12.9. The second-order valence-corrected chi connectivity index (χ2v) is 4.70. The molecular weight excluding hydrogens is 241 g/mol. The van der Waals surface area contributed by atoms with Crippen molar-refractivity contribution in [1.29, 1.82) is 0 Å². The van der Waals surface area contributed by atoms with Gasteiger partial charge in [-0.2, -0.15) is 0 Å². The van der Waals surface area contributed by atoms with Crippen LogP contribution >= 0.6 is 0 Å². The lowest BCUT2D eigenvalue weighted by Crippen LogP contribution is -2.20. The van der Waals surface area contributed by atoms with Gasteiger partial charge in [0.2, 0.25) is 0 Å². The Kier molecular flexibility index (Phi) is 4.30. The van der Waals surface area contributed by atoms with Crippen LogP contribution in [0, 0.1) is 12.7 Å². The van der Waals surface area contributed by atoms with Gasteiger partial charge in [-0.25, -0.2) is 4.39 Å². The summed E-state index contributed by atoms with van der Waals surface area (Å²) in [7, 11) is 0. The summed E-state index contributed by atoms with van der Waals surface area (Å²) in [5.74, 6) is -0.522. The lowest BCUT2D eigenvalue weighted by Gasteiger charge is -2.23. The van der Waals surface area contributed by atoms with E-state index in [4.69, 9.17) is 5.73 Å². The van der Waals surface area contributed by atoms with Crippen molar-refractivity contribution in [1.82, 2.24) is 0 Å². The number of hydrogen-bond acceptors (Lipinski definition) is 2. The number of aryl methyl sites for hydroxylation is 1. The summed E-state index contributed by atoms with van der Waals surface area (Å²) >= 11 is 0. The molecule has 0 aliphatic heterocycles. The van der Waals surface area contributed by atoms with Crippen molar-refractivity contribution in [3.8, 4) is 0 Å². The summed E-state index contributed by atoms with van der Waals surface area (Å²) in [4.78, 5) is 0. The van der Waals surface area contributed by atoms with Crippen LogP contribution in [0.5, 0.6) is 0 Å². The molecule has 0 spiro atoms. The van der Waals surface area contributed by atoms with Gasteiger partial charge in [-0.05, 0) is 35.7 Å². The third kappa shape index (κ3) is 3.00. The zero-order valence-corrected chi connectivity index (χ0v) is 10.9. The van der Waals surface area contributed by atoms with Gasteiger partial charge in [-0.1, -0.05) is 36.4 Å². The van der Waals surface area contributed by atoms with E-state index in [1.165, 1.54) is 12.1 Å². The minimum atomic E-state index is -0.684. The average Bonchev–Trinajstić information content (AvgIpc) is 2.42. The van der Waals surface area contributed by atoms with Crippen LogP contribution in [0.25, 0.3) is 0 Å². The van der Waals surface area contributed by atoms with E-state index in [9.17, 15) is 9.50 Å². The van der Waals surface area contributed by atoms with Crippen LogP contribution in [0.2, 0.25) is 0 Å². The second-order valence-electron chi connectivity index (χ2n) is 4.70. The SMILES string of the molecule is Cc1ccccc1C(O)C(CN)c1ccc(F)cc1. The largest absolute Gasteiger partial charge is 0.388 e. The smallest absolute Gasteiger partial charge is 0.123 e. The van der Waals surface area contributed by atoms with Gasteiger partial charge in [0.1, 0.15) is 5.82 Å². The van der Waals surface area contributed by atoms with E-state index < -0.39 is 6.10 Å². The van der Waals surface area contributed by atoms with Gasteiger partial charge in [0, 0.05) is 12.5 Å². The van der Waals surface area contributed by atoms with Crippen LogP contribution in [0.15, 0.2) is 48.5 Å².